The van der Waals surface area contributed by atoms with E-state index in [4.69, 9.17) is 6.57 Å². The molecule has 74 valence electrons. The van der Waals surface area contributed by atoms with Crippen LogP contribution in [-0.2, 0) is 9.84 Å². The third kappa shape index (κ3) is 2.08. The maximum absolute atomic E-state index is 11.6. The van der Waals surface area contributed by atoms with Gasteiger partial charge in [0.1, 0.15) is 0 Å². The number of thiol groups is 1. The first-order valence-electron chi connectivity index (χ1n) is 3.88. The van der Waals surface area contributed by atoms with Crippen LogP contribution < -0.4 is 0 Å². The molecular weight excluding hydrogens is 218 g/mol. The Kier molecular flexibility index (Phi) is 3.19. The number of sulfone groups is 1. The molecule has 5 heteroatoms. The number of benzene rings is 1. The van der Waals surface area contributed by atoms with Crippen LogP contribution >= 0.6 is 12.6 Å². The number of nitrogens with zero attached hydrogens (tertiary/aromatic N) is 1. The summed E-state index contributed by atoms with van der Waals surface area (Å²) in [6, 6.07) is 6.10. The largest absolute Gasteiger partial charge is 0.322 e. The predicted molar refractivity (Wildman–Crippen MR) is 56.9 cm³/mol. The lowest BCUT2D eigenvalue weighted by Gasteiger charge is -2.02. The summed E-state index contributed by atoms with van der Waals surface area (Å²) in [5, 5.41) is -1.03. The fourth-order valence-electron chi connectivity index (χ4n) is 0.902. The molecule has 0 amide bonds. The molecule has 1 aromatic rings. The summed E-state index contributed by atoms with van der Waals surface area (Å²) in [6.45, 7) is 8.06. The van der Waals surface area contributed by atoms with E-state index in [9.17, 15) is 8.42 Å². The standard InChI is InChI=1S/C9H9NO2S2/c1-7(10-2)14(11,12)9-5-3-8(13)4-6-9/h3-7,13H,1H3. The monoisotopic (exact) mass is 227 g/mol. The highest BCUT2D eigenvalue weighted by atomic mass is 32.2. The maximum Gasteiger partial charge on any atom is 0.322 e. The van der Waals surface area contributed by atoms with E-state index in [0.29, 0.717) is 4.90 Å². The van der Waals surface area contributed by atoms with Gasteiger partial charge in [-0.15, -0.1) is 12.6 Å². The summed E-state index contributed by atoms with van der Waals surface area (Å²) < 4.78 is 23.3. The van der Waals surface area contributed by atoms with Crippen molar-refractivity contribution in [3.05, 3.63) is 35.7 Å². The first kappa shape index (κ1) is 11.1. The molecule has 0 aromatic heterocycles. The minimum Gasteiger partial charge on any atom is -0.296 e. The van der Waals surface area contributed by atoms with Gasteiger partial charge in [-0.25, -0.2) is 15.0 Å². The molecule has 1 aromatic carbocycles. The van der Waals surface area contributed by atoms with Gasteiger partial charge in [0.25, 0.3) is 9.84 Å². The van der Waals surface area contributed by atoms with Crippen LogP contribution in [0, 0.1) is 6.57 Å². The number of rotatable bonds is 2. The van der Waals surface area contributed by atoms with Gasteiger partial charge in [0.05, 0.1) is 4.90 Å². The molecule has 0 aliphatic heterocycles. The van der Waals surface area contributed by atoms with Crippen molar-refractivity contribution in [1.29, 1.82) is 0 Å². The lowest BCUT2D eigenvalue weighted by molar-refractivity contribution is 0.591. The first-order chi connectivity index (χ1) is 6.48. The van der Waals surface area contributed by atoms with E-state index < -0.39 is 15.2 Å². The van der Waals surface area contributed by atoms with Crippen LogP contribution in [0.5, 0.6) is 0 Å². The van der Waals surface area contributed by atoms with E-state index in [1.807, 2.05) is 0 Å². The van der Waals surface area contributed by atoms with Gasteiger partial charge >= 0.3 is 5.37 Å². The molecule has 0 spiro atoms. The summed E-state index contributed by atoms with van der Waals surface area (Å²) >= 11 is 4.05. The predicted octanol–water partition coefficient (Wildman–Crippen LogP) is 2.01. The summed E-state index contributed by atoms with van der Waals surface area (Å²) in [5.74, 6) is 0. The van der Waals surface area contributed by atoms with E-state index in [2.05, 4.69) is 17.5 Å². The SMILES string of the molecule is [C-]#[N+]C(C)S(=O)(=O)c1ccc(S)cc1. The van der Waals surface area contributed by atoms with Crippen molar-refractivity contribution in [3.8, 4) is 0 Å². The molecule has 0 saturated heterocycles. The summed E-state index contributed by atoms with van der Waals surface area (Å²) in [6.07, 6.45) is 0. The quantitative estimate of drug-likeness (QED) is 0.620. The van der Waals surface area contributed by atoms with Gasteiger partial charge in [0.2, 0.25) is 0 Å². The van der Waals surface area contributed by atoms with Gasteiger partial charge in [-0.05, 0) is 24.3 Å². The van der Waals surface area contributed by atoms with E-state index in [0.717, 1.165) is 0 Å². The van der Waals surface area contributed by atoms with Gasteiger partial charge in [0.15, 0.2) is 0 Å². The highest BCUT2D eigenvalue weighted by molar-refractivity contribution is 7.92. The van der Waals surface area contributed by atoms with Crippen molar-refractivity contribution in [1.82, 2.24) is 0 Å². The average Bonchev–Trinajstić information content (AvgIpc) is 2.17. The molecule has 0 aliphatic rings. The Hall–Kier alpha value is -0.990. The molecular formula is C9H9NO2S2. The van der Waals surface area contributed by atoms with Gasteiger partial charge < -0.3 is 0 Å². The Bertz CT molecular complexity index is 457. The molecule has 0 fully saturated rings. The fourth-order valence-corrected chi connectivity index (χ4v) is 2.10. The summed E-state index contributed by atoms with van der Waals surface area (Å²) in [4.78, 5) is 3.86. The Labute approximate surface area is 88.9 Å². The summed E-state index contributed by atoms with van der Waals surface area (Å²) in [5.41, 5.74) is 0. The van der Waals surface area contributed by atoms with E-state index in [-0.39, 0.29) is 4.90 Å². The van der Waals surface area contributed by atoms with Crippen molar-refractivity contribution >= 4 is 22.5 Å². The lowest BCUT2D eigenvalue weighted by Crippen LogP contribution is -2.13. The van der Waals surface area contributed by atoms with Crippen molar-refractivity contribution in [2.24, 2.45) is 0 Å². The smallest absolute Gasteiger partial charge is 0.296 e. The van der Waals surface area contributed by atoms with Crippen molar-refractivity contribution in [2.75, 3.05) is 0 Å². The van der Waals surface area contributed by atoms with Crippen LogP contribution in [0.2, 0.25) is 0 Å². The van der Waals surface area contributed by atoms with Crippen LogP contribution in [-0.4, -0.2) is 13.8 Å². The molecule has 1 rings (SSSR count). The van der Waals surface area contributed by atoms with Gasteiger partial charge in [-0.1, -0.05) is 0 Å². The molecule has 0 N–H and O–H groups in total. The second kappa shape index (κ2) is 4.03. The van der Waals surface area contributed by atoms with Crippen LogP contribution in [0.1, 0.15) is 6.92 Å². The second-order valence-corrected chi connectivity index (χ2v) is 5.53. The first-order valence-corrected chi connectivity index (χ1v) is 5.87. The minimum absolute atomic E-state index is 0.166. The van der Waals surface area contributed by atoms with Gasteiger partial charge in [-0.3, -0.25) is 4.85 Å². The fraction of sp³-hybridized carbons (Fsp3) is 0.222. The molecule has 0 aliphatic carbocycles. The zero-order valence-corrected chi connectivity index (χ0v) is 9.22. The van der Waals surface area contributed by atoms with E-state index in [1.165, 1.54) is 19.1 Å². The van der Waals surface area contributed by atoms with Crippen LogP contribution in [0.15, 0.2) is 34.1 Å². The molecule has 3 nitrogen and oxygen atoms in total. The van der Waals surface area contributed by atoms with E-state index >= 15 is 0 Å². The zero-order valence-electron chi connectivity index (χ0n) is 7.51. The average molecular weight is 227 g/mol. The highest BCUT2D eigenvalue weighted by Crippen LogP contribution is 2.18. The van der Waals surface area contributed by atoms with Crippen molar-refractivity contribution in [3.63, 3.8) is 0 Å². The van der Waals surface area contributed by atoms with Gasteiger partial charge in [-0.2, -0.15) is 0 Å². The molecule has 14 heavy (non-hydrogen) atoms. The van der Waals surface area contributed by atoms with E-state index in [1.54, 1.807) is 12.1 Å². The minimum atomic E-state index is -3.49. The Morgan fingerprint density at radius 2 is 1.86 bits per heavy atom. The second-order valence-electron chi connectivity index (χ2n) is 2.77. The zero-order chi connectivity index (χ0) is 10.8. The maximum atomic E-state index is 11.6. The van der Waals surface area contributed by atoms with Crippen molar-refractivity contribution < 1.29 is 8.42 Å². The van der Waals surface area contributed by atoms with Crippen LogP contribution in [0.4, 0.5) is 0 Å². The number of hydrogen-bond acceptors (Lipinski definition) is 3. The molecule has 0 saturated carbocycles. The Morgan fingerprint density at radius 3 is 2.29 bits per heavy atom. The normalized spacial score (nSPS) is 13.2. The van der Waals surface area contributed by atoms with Crippen LogP contribution in [0.25, 0.3) is 4.85 Å². The molecule has 1 atom stereocenters. The third-order valence-corrected chi connectivity index (χ3v) is 4.03. The molecule has 0 bridgehead atoms. The van der Waals surface area contributed by atoms with Crippen LogP contribution in [0.3, 0.4) is 0 Å². The Morgan fingerprint density at radius 1 is 1.36 bits per heavy atom. The van der Waals surface area contributed by atoms with Crippen molar-refractivity contribution in [2.45, 2.75) is 22.1 Å². The Balaban J connectivity index is 3.19. The van der Waals surface area contributed by atoms with Gasteiger partial charge in [0, 0.05) is 11.8 Å². The third-order valence-electron chi connectivity index (χ3n) is 1.80. The summed E-state index contributed by atoms with van der Waals surface area (Å²) in [7, 11) is -3.49. The molecule has 0 radical (unpaired) electrons. The number of hydrogen-bond donors (Lipinski definition) is 1. The topological polar surface area (TPSA) is 38.5 Å². The molecule has 0 heterocycles. The lowest BCUT2D eigenvalue weighted by atomic mass is 10.4. The highest BCUT2D eigenvalue weighted by Gasteiger charge is 2.27. The molecule has 1 unspecified atom stereocenters.